The van der Waals surface area contributed by atoms with Gasteiger partial charge in [0.25, 0.3) is 0 Å². The standard InChI is InChI=1S/C15H24N2O/c1-12-15(2,8-10-18-12)17-9-4-6-13-5-3-7-14(16)11-13/h3,5,7,11-12,17H,4,6,8-10,16H2,1-2H3. The van der Waals surface area contributed by atoms with E-state index in [1.54, 1.807) is 0 Å². The SMILES string of the molecule is CC1OCCC1(C)NCCCc1cccc(N)c1. The number of ether oxygens (including phenoxy) is 1. The lowest BCUT2D eigenvalue weighted by Crippen LogP contribution is -2.48. The maximum Gasteiger partial charge on any atom is 0.0726 e. The summed E-state index contributed by atoms with van der Waals surface area (Å²) in [5.41, 5.74) is 8.09. The summed E-state index contributed by atoms with van der Waals surface area (Å²) >= 11 is 0. The van der Waals surface area contributed by atoms with Crippen LogP contribution in [0.2, 0.25) is 0 Å². The second kappa shape index (κ2) is 5.72. The number of aryl methyl sites for hydroxylation is 1. The third-order valence-corrected chi connectivity index (χ3v) is 4.01. The van der Waals surface area contributed by atoms with Gasteiger partial charge >= 0.3 is 0 Å². The molecule has 2 unspecified atom stereocenters. The van der Waals surface area contributed by atoms with Crippen LogP contribution in [0, 0.1) is 0 Å². The smallest absolute Gasteiger partial charge is 0.0726 e. The maximum atomic E-state index is 5.77. The van der Waals surface area contributed by atoms with Crippen molar-refractivity contribution in [3.8, 4) is 0 Å². The largest absolute Gasteiger partial charge is 0.399 e. The molecule has 2 atom stereocenters. The van der Waals surface area contributed by atoms with Crippen LogP contribution in [0.15, 0.2) is 24.3 Å². The van der Waals surface area contributed by atoms with Gasteiger partial charge in [-0.25, -0.2) is 0 Å². The minimum atomic E-state index is 0.149. The van der Waals surface area contributed by atoms with Crippen molar-refractivity contribution in [2.75, 3.05) is 18.9 Å². The van der Waals surface area contributed by atoms with Crippen LogP contribution in [0.3, 0.4) is 0 Å². The molecular weight excluding hydrogens is 224 g/mol. The molecule has 0 saturated carbocycles. The summed E-state index contributed by atoms with van der Waals surface area (Å²) in [6, 6.07) is 8.15. The Morgan fingerprint density at radius 1 is 1.50 bits per heavy atom. The van der Waals surface area contributed by atoms with E-state index in [1.165, 1.54) is 5.56 Å². The number of hydrogen-bond acceptors (Lipinski definition) is 3. The van der Waals surface area contributed by atoms with Crippen LogP contribution in [0.4, 0.5) is 5.69 Å². The quantitative estimate of drug-likeness (QED) is 0.621. The van der Waals surface area contributed by atoms with E-state index < -0.39 is 0 Å². The Morgan fingerprint density at radius 3 is 3.00 bits per heavy atom. The molecular formula is C15H24N2O. The van der Waals surface area contributed by atoms with E-state index >= 15 is 0 Å². The van der Waals surface area contributed by atoms with E-state index in [2.05, 4.69) is 31.3 Å². The van der Waals surface area contributed by atoms with Crippen LogP contribution >= 0.6 is 0 Å². The first-order valence-corrected chi connectivity index (χ1v) is 6.81. The summed E-state index contributed by atoms with van der Waals surface area (Å²) in [5.74, 6) is 0. The predicted octanol–water partition coefficient (Wildman–Crippen LogP) is 2.36. The highest BCUT2D eigenvalue weighted by Crippen LogP contribution is 2.24. The zero-order valence-electron chi connectivity index (χ0n) is 11.4. The highest BCUT2D eigenvalue weighted by atomic mass is 16.5. The van der Waals surface area contributed by atoms with Gasteiger partial charge in [0.1, 0.15) is 0 Å². The Hall–Kier alpha value is -1.06. The number of benzene rings is 1. The van der Waals surface area contributed by atoms with Crippen molar-refractivity contribution in [3.05, 3.63) is 29.8 Å². The normalized spacial score (nSPS) is 27.6. The van der Waals surface area contributed by atoms with Crippen molar-refractivity contribution in [3.63, 3.8) is 0 Å². The van der Waals surface area contributed by atoms with E-state index in [1.807, 2.05) is 12.1 Å². The van der Waals surface area contributed by atoms with Crippen LogP contribution in [-0.4, -0.2) is 24.8 Å². The second-order valence-corrected chi connectivity index (χ2v) is 5.46. The van der Waals surface area contributed by atoms with Gasteiger partial charge in [-0.1, -0.05) is 12.1 Å². The summed E-state index contributed by atoms with van der Waals surface area (Å²) in [4.78, 5) is 0. The molecule has 0 aliphatic carbocycles. The van der Waals surface area contributed by atoms with Crippen LogP contribution in [-0.2, 0) is 11.2 Å². The first kappa shape index (κ1) is 13.4. The Morgan fingerprint density at radius 2 is 2.33 bits per heavy atom. The van der Waals surface area contributed by atoms with Crippen molar-refractivity contribution in [2.45, 2.75) is 44.8 Å². The van der Waals surface area contributed by atoms with Crippen LogP contribution in [0.5, 0.6) is 0 Å². The number of nitrogen functional groups attached to an aromatic ring is 1. The van der Waals surface area contributed by atoms with Crippen molar-refractivity contribution >= 4 is 5.69 Å². The van der Waals surface area contributed by atoms with Gasteiger partial charge in [0, 0.05) is 17.8 Å². The zero-order valence-corrected chi connectivity index (χ0v) is 11.4. The Labute approximate surface area is 110 Å². The van der Waals surface area contributed by atoms with Gasteiger partial charge in [-0.2, -0.15) is 0 Å². The summed E-state index contributed by atoms with van der Waals surface area (Å²) in [6.45, 7) is 6.31. The molecule has 0 radical (unpaired) electrons. The molecule has 100 valence electrons. The van der Waals surface area contributed by atoms with E-state index in [4.69, 9.17) is 10.5 Å². The molecule has 18 heavy (non-hydrogen) atoms. The monoisotopic (exact) mass is 248 g/mol. The van der Waals surface area contributed by atoms with Gasteiger partial charge < -0.3 is 15.8 Å². The Bertz CT molecular complexity index is 394. The minimum absolute atomic E-state index is 0.149. The summed E-state index contributed by atoms with van der Waals surface area (Å²) < 4.78 is 5.62. The lowest BCUT2D eigenvalue weighted by atomic mass is 9.94. The molecule has 0 bridgehead atoms. The molecule has 0 spiro atoms. The van der Waals surface area contributed by atoms with Gasteiger partial charge in [-0.15, -0.1) is 0 Å². The molecule has 2 rings (SSSR count). The topological polar surface area (TPSA) is 47.3 Å². The van der Waals surface area contributed by atoms with Gasteiger partial charge in [0.2, 0.25) is 0 Å². The average Bonchev–Trinajstić information content (AvgIpc) is 2.66. The molecule has 1 aliphatic heterocycles. The van der Waals surface area contributed by atoms with E-state index in [0.717, 1.165) is 38.1 Å². The molecule has 1 aromatic rings. The van der Waals surface area contributed by atoms with Gasteiger partial charge in [-0.3, -0.25) is 0 Å². The van der Waals surface area contributed by atoms with E-state index in [-0.39, 0.29) is 5.54 Å². The molecule has 3 heteroatoms. The van der Waals surface area contributed by atoms with Crippen LogP contribution in [0.1, 0.15) is 32.3 Å². The highest BCUT2D eigenvalue weighted by molar-refractivity contribution is 5.40. The van der Waals surface area contributed by atoms with E-state index in [9.17, 15) is 0 Å². The summed E-state index contributed by atoms with van der Waals surface area (Å²) in [7, 11) is 0. The molecule has 3 nitrogen and oxygen atoms in total. The lowest BCUT2D eigenvalue weighted by molar-refractivity contribution is 0.0887. The second-order valence-electron chi connectivity index (χ2n) is 5.46. The highest BCUT2D eigenvalue weighted by Gasteiger charge is 2.35. The number of rotatable bonds is 5. The van der Waals surface area contributed by atoms with Crippen molar-refractivity contribution in [2.24, 2.45) is 0 Å². The number of nitrogens with two attached hydrogens (primary N) is 1. The number of hydrogen-bond donors (Lipinski definition) is 2. The fourth-order valence-corrected chi connectivity index (χ4v) is 2.48. The molecule has 3 N–H and O–H groups in total. The lowest BCUT2D eigenvalue weighted by Gasteiger charge is -2.29. The zero-order chi connectivity index (χ0) is 13.0. The van der Waals surface area contributed by atoms with Gasteiger partial charge in [0.15, 0.2) is 0 Å². The summed E-state index contributed by atoms with van der Waals surface area (Å²) in [5, 5.41) is 3.64. The molecule has 1 heterocycles. The number of anilines is 1. The Kier molecular flexibility index (Phi) is 4.25. The first-order valence-electron chi connectivity index (χ1n) is 6.81. The molecule has 1 aromatic carbocycles. The fourth-order valence-electron chi connectivity index (χ4n) is 2.48. The fraction of sp³-hybridized carbons (Fsp3) is 0.600. The van der Waals surface area contributed by atoms with Gasteiger partial charge in [-0.05, 0) is 57.4 Å². The maximum absolute atomic E-state index is 5.77. The first-order chi connectivity index (χ1) is 8.60. The third-order valence-electron chi connectivity index (χ3n) is 4.01. The molecule has 0 aromatic heterocycles. The van der Waals surface area contributed by atoms with Crippen LogP contribution < -0.4 is 11.1 Å². The average molecular weight is 248 g/mol. The third kappa shape index (κ3) is 3.24. The summed E-state index contributed by atoms with van der Waals surface area (Å²) in [6.07, 6.45) is 3.62. The molecule has 0 amide bonds. The van der Waals surface area contributed by atoms with Crippen LogP contribution in [0.25, 0.3) is 0 Å². The van der Waals surface area contributed by atoms with Crippen molar-refractivity contribution < 1.29 is 4.74 Å². The van der Waals surface area contributed by atoms with Crippen molar-refractivity contribution in [1.82, 2.24) is 5.32 Å². The molecule has 1 fully saturated rings. The number of nitrogens with one attached hydrogen (secondary N) is 1. The molecule has 1 aliphatic rings. The van der Waals surface area contributed by atoms with E-state index in [0.29, 0.717) is 6.10 Å². The van der Waals surface area contributed by atoms with Crippen molar-refractivity contribution in [1.29, 1.82) is 0 Å². The minimum Gasteiger partial charge on any atom is -0.399 e. The Balaban J connectivity index is 1.73. The molecule has 1 saturated heterocycles. The van der Waals surface area contributed by atoms with Gasteiger partial charge in [0.05, 0.1) is 6.10 Å². The predicted molar refractivity (Wildman–Crippen MR) is 75.6 cm³/mol.